The molecule has 0 aliphatic rings. The molecular weight excluding hydrogens is 1720 g/mol. The summed E-state index contributed by atoms with van der Waals surface area (Å²) in [6.07, 6.45) is -48.8. The lowest BCUT2D eigenvalue weighted by Gasteiger charge is -2.45. The highest BCUT2D eigenvalue weighted by Crippen LogP contribution is 2.72. The Morgan fingerprint density at radius 3 is 0.298 bits per heavy atom. The summed E-state index contributed by atoms with van der Waals surface area (Å²) in [5, 5.41) is 0. The van der Waals surface area contributed by atoms with E-state index in [1.54, 1.807) is 0 Å². The molecule has 0 unspecified atom stereocenters. The molecule has 0 atom stereocenters. The summed E-state index contributed by atoms with van der Waals surface area (Å²) in [7, 11) is 0. The number of alkyl halides is 68. The average molecular weight is 1730 g/mol. The van der Waals surface area contributed by atoms with Crippen molar-refractivity contribution < 1.29 is 299 Å². The van der Waals surface area contributed by atoms with Crippen molar-refractivity contribution in [3.8, 4) is 0 Å². The molecule has 0 heterocycles. The van der Waals surface area contributed by atoms with Gasteiger partial charge in [-0.25, -0.2) is 0 Å². The van der Waals surface area contributed by atoms with Gasteiger partial charge >= 0.3 is 191 Å². The maximum absolute atomic E-state index is 16.0. The van der Waals surface area contributed by atoms with E-state index in [4.69, 9.17) is 0 Å². The molecule has 68 heteroatoms. The van der Waals surface area contributed by atoms with Gasteiger partial charge in [0.05, 0.1) is 0 Å². The number of halogens is 68. The van der Waals surface area contributed by atoms with Gasteiger partial charge in [0.2, 0.25) is 0 Å². The van der Waals surface area contributed by atoms with Gasteiger partial charge in [-0.15, -0.1) is 0 Å². The van der Waals surface area contributed by atoms with E-state index in [2.05, 4.69) is 0 Å². The van der Waals surface area contributed by atoms with Crippen molar-refractivity contribution in [2.45, 2.75) is 191 Å². The Balaban J connectivity index is 11.6. The summed E-state index contributed by atoms with van der Waals surface area (Å²) in [5.41, 5.74) is -17.4. The van der Waals surface area contributed by atoms with Crippen LogP contribution in [0.5, 0.6) is 0 Å². The average Bonchev–Trinajstić information content (AvgIpc) is 0.682. The minimum atomic E-state index is -11.8. The van der Waals surface area contributed by atoms with Crippen molar-refractivity contribution in [2.75, 3.05) is 0 Å². The maximum Gasteiger partial charge on any atom is 0.460 e. The van der Waals surface area contributed by atoms with Crippen LogP contribution in [0.3, 0.4) is 0 Å². The molecule has 0 amide bonds. The summed E-state index contributed by atoms with van der Waals surface area (Å²) in [6, 6.07) is 0. The summed E-state index contributed by atoms with van der Waals surface area (Å²) in [6.45, 7) is 0. The predicted molar refractivity (Wildman–Crippen MR) is 179 cm³/mol. The van der Waals surface area contributed by atoms with E-state index in [1.165, 1.54) is 0 Å². The molecule has 0 aromatic rings. The third-order valence-corrected chi connectivity index (χ3v) is 12.6. The second-order valence-corrected chi connectivity index (χ2v) is 19.3. The van der Waals surface area contributed by atoms with E-state index in [9.17, 15) is 246 Å². The van der Waals surface area contributed by atoms with Crippen LogP contribution in [0.15, 0.2) is 23.3 Å². The molecule has 0 bridgehead atoms. The van der Waals surface area contributed by atoms with Crippen molar-refractivity contribution in [2.24, 2.45) is 0 Å². The third-order valence-electron chi connectivity index (χ3n) is 12.6. The molecule has 0 saturated carbocycles. The second-order valence-electron chi connectivity index (χ2n) is 19.3. The van der Waals surface area contributed by atoms with Crippen molar-refractivity contribution in [3.63, 3.8) is 0 Å². The highest BCUT2D eigenvalue weighted by Gasteiger charge is 3.01. The first kappa shape index (κ1) is 98.7. The minimum Gasteiger partial charge on any atom is -0.195 e. The summed E-state index contributed by atoms with van der Waals surface area (Å²) in [5.74, 6) is -304. The molecule has 0 aliphatic heterocycles. The highest BCUT2D eigenvalue weighted by molar-refractivity contribution is 5.49. The molecule has 622 valence electrons. The predicted octanol–water partition coefficient (Wildman–Crippen LogP) is 22.9. The van der Waals surface area contributed by atoms with Gasteiger partial charge in [-0.3, -0.25) is 0 Å². The van der Waals surface area contributed by atoms with Crippen LogP contribution < -0.4 is 0 Å². The van der Waals surface area contributed by atoms with Gasteiger partial charge in [-0.1, -0.05) is 0 Å². The summed E-state index contributed by atoms with van der Waals surface area (Å²) >= 11 is 0. The van der Waals surface area contributed by atoms with Crippen LogP contribution in [0.2, 0.25) is 0 Å². The zero-order valence-electron chi connectivity index (χ0n) is 43.9. The van der Waals surface area contributed by atoms with Crippen molar-refractivity contribution in [1.29, 1.82) is 0 Å². The van der Waals surface area contributed by atoms with Crippen molar-refractivity contribution in [1.82, 2.24) is 0 Å². The minimum absolute atomic E-state index is 6.13. The number of hydrogen-bond donors (Lipinski definition) is 0. The van der Waals surface area contributed by atoms with E-state index in [0.29, 0.717) is 0 Å². The van der Waals surface area contributed by atoms with Gasteiger partial charge in [0.1, 0.15) is 0 Å². The lowest BCUT2D eigenvalue weighted by atomic mass is 9.78. The van der Waals surface area contributed by atoms with Gasteiger partial charge in [0, 0.05) is 23.3 Å². The standard InChI is InChI=1S/C36H2F68/c37-5(38,9(45,46)13(53,54)17(61,62)21(69,70)25(77,78)29(85,86)33(93,94)95)1-3(7(41,42)11(49,50)15(57,58)19(65,66)23(73,74)27(81,82)31(89,90)35(99,100)101)4(8(43,44)12(51,52)16(59,60)20(67,68)24(75,76)28(83,84)32(91,92)36(102,103)104)2-6(39,40)10(47,48)14(55,56)18(63,64)22(71,72)26(79,80)30(87,88)34(96,97)98/h1-2H/b3-1-,4-2-. The topological polar surface area (TPSA) is 0 Å². The number of hydrogen-bond acceptors (Lipinski definition) is 0. The fraction of sp³-hybridized carbons (Fsp3) is 0.889. The van der Waals surface area contributed by atoms with E-state index >= 15 is 52.7 Å². The van der Waals surface area contributed by atoms with Crippen LogP contribution in [-0.4, -0.2) is 191 Å². The quantitative estimate of drug-likeness (QED) is 0.0517. The molecule has 0 aromatic heterocycles. The largest absolute Gasteiger partial charge is 0.460 e. The third kappa shape index (κ3) is 11.9. The van der Waals surface area contributed by atoms with Crippen LogP contribution in [-0.2, 0) is 0 Å². The van der Waals surface area contributed by atoms with Gasteiger partial charge < -0.3 is 0 Å². The molecule has 0 aliphatic carbocycles. The zero-order chi connectivity index (χ0) is 86.6. The van der Waals surface area contributed by atoms with Crippen LogP contribution in [0, 0.1) is 0 Å². The molecule has 0 radical (unpaired) electrons. The molecule has 0 nitrogen and oxygen atoms in total. The highest BCUT2D eigenvalue weighted by atomic mass is 19.5. The van der Waals surface area contributed by atoms with E-state index < -0.39 is 214 Å². The van der Waals surface area contributed by atoms with E-state index in [1.807, 2.05) is 0 Å². The maximum atomic E-state index is 16.0. The molecule has 0 rings (SSSR count). The molecule has 0 saturated heterocycles. The fourth-order valence-corrected chi connectivity index (χ4v) is 6.24. The Morgan fingerprint density at radius 2 is 0.192 bits per heavy atom. The molecular formula is C36H2F68. The lowest BCUT2D eigenvalue weighted by Crippen LogP contribution is -2.75. The number of rotatable bonds is 29. The Bertz CT molecular complexity index is 2930. The van der Waals surface area contributed by atoms with Crippen molar-refractivity contribution in [3.05, 3.63) is 23.3 Å². The van der Waals surface area contributed by atoms with Gasteiger partial charge in [0.25, 0.3) is 0 Å². The molecule has 0 spiro atoms. The first-order chi connectivity index (χ1) is 43.4. The first-order valence-corrected chi connectivity index (χ1v) is 21.8. The monoisotopic (exact) mass is 1730 g/mol. The molecule has 104 heavy (non-hydrogen) atoms. The normalized spacial score (nSPS) is 17.7. The van der Waals surface area contributed by atoms with Gasteiger partial charge in [-0.05, 0) is 0 Å². The Hall–Kier alpha value is -5.28. The fourth-order valence-electron chi connectivity index (χ4n) is 6.24. The number of allylic oxidation sites excluding steroid dienone is 4. The zero-order valence-corrected chi connectivity index (χ0v) is 43.9. The van der Waals surface area contributed by atoms with Crippen LogP contribution in [0.25, 0.3) is 0 Å². The summed E-state index contributed by atoms with van der Waals surface area (Å²) < 4.78 is 962. The second kappa shape index (κ2) is 24.1. The van der Waals surface area contributed by atoms with Gasteiger partial charge in [0.15, 0.2) is 0 Å². The van der Waals surface area contributed by atoms with Crippen LogP contribution in [0.1, 0.15) is 0 Å². The Labute approximate surface area is 513 Å². The van der Waals surface area contributed by atoms with Crippen molar-refractivity contribution >= 4 is 0 Å². The first-order valence-electron chi connectivity index (χ1n) is 21.8. The SMILES string of the molecule is FC(F)(F)C(F)(F)C(F)(F)C(F)(F)C(F)(F)C(F)(F)C(F)(F)C(F)(F)/C=C(/C(=C/C(F)(F)C(F)(F)C(F)(F)C(F)(F)C(F)(F)C(F)(F)C(F)(F)C(F)(F)F)C(F)(F)C(F)(F)C(F)(F)C(F)(F)C(F)(F)C(F)(F)C(F)(F)C(F)(F)F)C(F)(F)C(F)(F)C(F)(F)C(F)(F)C(F)(F)C(F)(F)C(F)(F)C(F)(F)F. The molecule has 0 N–H and O–H groups in total. The summed E-state index contributed by atoms with van der Waals surface area (Å²) in [4.78, 5) is 0. The van der Waals surface area contributed by atoms with E-state index in [0.717, 1.165) is 0 Å². The van der Waals surface area contributed by atoms with Crippen LogP contribution in [0.4, 0.5) is 299 Å². The van der Waals surface area contributed by atoms with Gasteiger partial charge in [-0.2, -0.15) is 299 Å². The lowest BCUT2D eigenvalue weighted by molar-refractivity contribution is -0.461. The van der Waals surface area contributed by atoms with E-state index in [-0.39, 0.29) is 0 Å². The molecule has 0 aromatic carbocycles. The smallest absolute Gasteiger partial charge is 0.195 e. The van der Waals surface area contributed by atoms with Crippen LogP contribution >= 0.6 is 0 Å². The molecule has 0 fully saturated rings. The Kier molecular flexibility index (Phi) is 22.9. The Morgan fingerprint density at radius 1 is 0.106 bits per heavy atom.